The number of thioether (sulfide) groups is 1. The fourth-order valence-electron chi connectivity index (χ4n) is 1.68. The van der Waals surface area contributed by atoms with Crippen LogP contribution in [-0.4, -0.2) is 28.1 Å². The highest BCUT2D eigenvalue weighted by atomic mass is 32.2. The van der Waals surface area contributed by atoms with Crippen LogP contribution in [0, 0.1) is 6.92 Å². The first kappa shape index (κ1) is 14.5. The molecular formula is C15H16N2O2S. The third kappa shape index (κ3) is 3.81. The van der Waals surface area contributed by atoms with Crippen LogP contribution in [0.4, 0.5) is 0 Å². The molecule has 0 unspecified atom stereocenters. The molecule has 0 radical (unpaired) electrons. The summed E-state index contributed by atoms with van der Waals surface area (Å²) in [5.74, 6) is 0.947. The van der Waals surface area contributed by atoms with E-state index in [9.17, 15) is 4.79 Å². The van der Waals surface area contributed by atoms with E-state index < -0.39 is 0 Å². The summed E-state index contributed by atoms with van der Waals surface area (Å²) < 4.78 is 5.47. The summed E-state index contributed by atoms with van der Waals surface area (Å²) in [5.41, 5.74) is 1.50. The van der Waals surface area contributed by atoms with Crippen LogP contribution in [0.1, 0.15) is 23.0 Å². The van der Waals surface area contributed by atoms with E-state index in [0.29, 0.717) is 28.8 Å². The standard InChI is InChI=1S/C15H16N2O2S/c1-3-19-14-7-5-4-6-12(14)13(18)10-20-15-16-9-8-11(2)17-15/h4-9H,3,10H2,1-2H3. The van der Waals surface area contributed by atoms with Crippen LogP contribution in [-0.2, 0) is 0 Å². The minimum atomic E-state index is 0.0177. The molecule has 1 heterocycles. The number of aryl methyl sites for hydroxylation is 1. The molecule has 0 saturated carbocycles. The summed E-state index contributed by atoms with van der Waals surface area (Å²) in [6, 6.07) is 9.12. The Morgan fingerprint density at radius 3 is 2.85 bits per heavy atom. The molecule has 0 aliphatic heterocycles. The van der Waals surface area contributed by atoms with E-state index in [1.54, 1.807) is 12.3 Å². The van der Waals surface area contributed by atoms with Gasteiger partial charge in [0, 0.05) is 11.9 Å². The maximum Gasteiger partial charge on any atom is 0.188 e. The zero-order valence-electron chi connectivity index (χ0n) is 11.5. The Kier molecular flexibility index (Phi) is 5.12. The van der Waals surface area contributed by atoms with Gasteiger partial charge in [-0.1, -0.05) is 23.9 Å². The molecule has 0 spiro atoms. The molecule has 0 bridgehead atoms. The van der Waals surface area contributed by atoms with E-state index in [-0.39, 0.29) is 5.78 Å². The summed E-state index contributed by atoms with van der Waals surface area (Å²) >= 11 is 1.34. The molecule has 20 heavy (non-hydrogen) atoms. The molecule has 5 heteroatoms. The first-order valence-corrected chi connectivity index (χ1v) is 7.36. The second-order valence-corrected chi connectivity index (χ2v) is 5.06. The molecule has 0 N–H and O–H groups in total. The average molecular weight is 288 g/mol. The van der Waals surface area contributed by atoms with E-state index in [2.05, 4.69) is 9.97 Å². The molecular weight excluding hydrogens is 272 g/mol. The van der Waals surface area contributed by atoms with Gasteiger partial charge >= 0.3 is 0 Å². The molecule has 1 aromatic carbocycles. The molecule has 104 valence electrons. The lowest BCUT2D eigenvalue weighted by Gasteiger charge is -2.08. The summed E-state index contributed by atoms with van der Waals surface area (Å²) in [7, 11) is 0. The predicted octanol–water partition coefficient (Wildman–Crippen LogP) is 3.16. The molecule has 0 aliphatic carbocycles. The lowest BCUT2D eigenvalue weighted by molar-refractivity contribution is 0.101. The van der Waals surface area contributed by atoms with Crippen LogP contribution in [0.2, 0.25) is 0 Å². The SMILES string of the molecule is CCOc1ccccc1C(=O)CSc1nccc(C)n1. The second-order valence-electron chi connectivity index (χ2n) is 4.12. The average Bonchev–Trinajstić information content (AvgIpc) is 2.46. The Hall–Kier alpha value is -1.88. The second kappa shape index (κ2) is 7.05. The number of hydrogen-bond donors (Lipinski definition) is 0. The molecule has 0 amide bonds. The quantitative estimate of drug-likeness (QED) is 0.464. The number of rotatable bonds is 6. The highest BCUT2D eigenvalue weighted by molar-refractivity contribution is 7.99. The number of ether oxygens (including phenoxy) is 1. The Morgan fingerprint density at radius 2 is 2.10 bits per heavy atom. The van der Waals surface area contributed by atoms with Crippen LogP contribution < -0.4 is 4.74 Å². The highest BCUT2D eigenvalue weighted by Crippen LogP contribution is 2.21. The number of para-hydroxylation sites is 1. The number of Topliss-reactive ketones (excluding diaryl/α,β-unsaturated/α-hetero) is 1. The lowest BCUT2D eigenvalue weighted by Crippen LogP contribution is -2.06. The van der Waals surface area contributed by atoms with Crippen LogP contribution >= 0.6 is 11.8 Å². The fraction of sp³-hybridized carbons (Fsp3) is 0.267. The molecule has 0 saturated heterocycles. The van der Waals surface area contributed by atoms with Crippen molar-refractivity contribution in [2.45, 2.75) is 19.0 Å². The Labute approximate surface area is 122 Å². The van der Waals surface area contributed by atoms with Crippen LogP contribution in [0.3, 0.4) is 0 Å². The van der Waals surface area contributed by atoms with Gasteiger partial charge in [-0.05, 0) is 32.0 Å². The van der Waals surface area contributed by atoms with Crippen molar-refractivity contribution in [1.82, 2.24) is 9.97 Å². The first-order valence-electron chi connectivity index (χ1n) is 6.38. The third-order valence-corrected chi connectivity index (χ3v) is 3.45. The van der Waals surface area contributed by atoms with Gasteiger partial charge in [0.15, 0.2) is 10.9 Å². The predicted molar refractivity (Wildman–Crippen MR) is 79.4 cm³/mol. The van der Waals surface area contributed by atoms with Crippen molar-refractivity contribution < 1.29 is 9.53 Å². The van der Waals surface area contributed by atoms with Crippen molar-refractivity contribution >= 4 is 17.5 Å². The molecule has 4 nitrogen and oxygen atoms in total. The van der Waals surface area contributed by atoms with Crippen molar-refractivity contribution in [3.63, 3.8) is 0 Å². The minimum Gasteiger partial charge on any atom is -0.493 e. The van der Waals surface area contributed by atoms with Crippen molar-refractivity contribution in [3.05, 3.63) is 47.8 Å². The fourth-order valence-corrected chi connectivity index (χ4v) is 2.44. The summed E-state index contributed by atoms with van der Waals surface area (Å²) in [6.45, 7) is 4.34. The van der Waals surface area contributed by atoms with E-state index in [4.69, 9.17) is 4.74 Å². The van der Waals surface area contributed by atoms with Crippen molar-refractivity contribution in [1.29, 1.82) is 0 Å². The van der Waals surface area contributed by atoms with E-state index in [1.807, 2.05) is 38.1 Å². The van der Waals surface area contributed by atoms with Gasteiger partial charge in [0.05, 0.1) is 17.9 Å². The summed E-state index contributed by atoms with van der Waals surface area (Å²) in [6.07, 6.45) is 1.70. The zero-order valence-corrected chi connectivity index (χ0v) is 12.3. The summed E-state index contributed by atoms with van der Waals surface area (Å²) in [4.78, 5) is 20.6. The highest BCUT2D eigenvalue weighted by Gasteiger charge is 2.13. The molecule has 2 aromatic rings. The van der Waals surface area contributed by atoms with Crippen molar-refractivity contribution in [3.8, 4) is 5.75 Å². The molecule has 0 atom stereocenters. The number of benzene rings is 1. The van der Waals surface area contributed by atoms with Gasteiger partial charge in [0.25, 0.3) is 0 Å². The van der Waals surface area contributed by atoms with Gasteiger partial charge in [0.2, 0.25) is 0 Å². The van der Waals surface area contributed by atoms with Crippen LogP contribution in [0.5, 0.6) is 5.75 Å². The van der Waals surface area contributed by atoms with E-state index >= 15 is 0 Å². The Morgan fingerprint density at radius 1 is 1.30 bits per heavy atom. The van der Waals surface area contributed by atoms with E-state index in [0.717, 1.165) is 5.69 Å². The smallest absolute Gasteiger partial charge is 0.188 e. The number of hydrogen-bond acceptors (Lipinski definition) is 5. The summed E-state index contributed by atoms with van der Waals surface area (Å²) in [5, 5.41) is 0.618. The molecule has 0 aliphatic rings. The largest absolute Gasteiger partial charge is 0.493 e. The Balaban J connectivity index is 2.05. The van der Waals surface area contributed by atoms with Crippen molar-refractivity contribution in [2.75, 3.05) is 12.4 Å². The number of aromatic nitrogens is 2. The topological polar surface area (TPSA) is 52.1 Å². The monoisotopic (exact) mass is 288 g/mol. The number of nitrogens with zero attached hydrogens (tertiary/aromatic N) is 2. The van der Waals surface area contributed by atoms with Crippen LogP contribution in [0.15, 0.2) is 41.7 Å². The van der Waals surface area contributed by atoms with Gasteiger partial charge in [-0.15, -0.1) is 0 Å². The number of carbonyl (C=O) groups excluding carboxylic acids is 1. The zero-order chi connectivity index (χ0) is 14.4. The molecule has 0 fully saturated rings. The number of ketones is 1. The van der Waals surface area contributed by atoms with E-state index in [1.165, 1.54) is 11.8 Å². The minimum absolute atomic E-state index is 0.0177. The molecule has 1 aromatic heterocycles. The van der Waals surface area contributed by atoms with Gasteiger partial charge in [-0.3, -0.25) is 4.79 Å². The maximum absolute atomic E-state index is 12.2. The van der Waals surface area contributed by atoms with Gasteiger partial charge < -0.3 is 4.74 Å². The maximum atomic E-state index is 12.2. The van der Waals surface area contributed by atoms with Gasteiger partial charge in [-0.25, -0.2) is 9.97 Å². The molecule has 2 rings (SSSR count). The third-order valence-electron chi connectivity index (χ3n) is 2.59. The Bertz CT molecular complexity index is 602. The number of carbonyl (C=O) groups is 1. The van der Waals surface area contributed by atoms with Crippen LogP contribution in [0.25, 0.3) is 0 Å². The lowest BCUT2D eigenvalue weighted by atomic mass is 10.1. The normalized spacial score (nSPS) is 10.3. The van der Waals surface area contributed by atoms with Gasteiger partial charge in [-0.2, -0.15) is 0 Å². The van der Waals surface area contributed by atoms with Crippen molar-refractivity contribution in [2.24, 2.45) is 0 Å². The first-order chi connectivity index (χ1) is 9.70. The van der Waals surface area contributed by atoms with Gasteiger partial charge in [0.1, 0.15) is 5.75 Å².